The van der Waals surface area contributed by atoms with Crippen molar-refractivity contribution in [2.45, 2.75) is 0 Å². The maximum atomic E-state index is 13.3. The van der Waals surface area contributed by atoms with Crippen LogP contribution in [0.5, 0.6) is 0 Å². The Morgan fingerprint density at radius 1 is 1.24 bits per heavy atom. The zero-order valence-corrected chi connectivity index (χ0v) is 8.70. The number of anilines is 1. The van der Waals surface area contributed by atoms with Gasteiger partial charge in [0.1, 0.15) is 11.6 Å². The van der Waals surface area contributed by atoms with Gasteiger partial charge in [-0.25, -0.2) is 9.37 Å². The number of aromatic nitrogens is 2. The second kappa shape index (κ2) is 3.28. The van der Waals surface area contributed by atoms with Crippen LogP contribution < -0.4 is 11.3 Å². The van der Waals surface area contributed by atoms with Gasteiger partial charge in [0.05, 0.1) is 10.9 Å². The van der Waals surface area contributed by atoms with Crippen LogP contribution in [0.15, 0.2) is 35.3 Å². The van der Waals surface area contributed by atoms with Crippen molar-refractivity contribution >= 4 is 27.5 Å². The number of H-pyrrole nitrogens is 1. The summed E-state index contributed by atoms with van der Waals surface area (Å²) < 4.78 is 13.3. The van der Waals surface area contributed by atoms with Crippen LogP contribution in [0.1, 0.15) is 0 Å². The molecule has 3 aromatic rings. The average molecular weight is 229 g/mol. The van der Waals surface area contributed by atoms with Gasteiger partial charge in [-0.2, -0.15) is 0 Å². The van der Waals surface area contributed by atoms with Gasteiger partial charge >= 0.3 is 0 Å². The molecule has 5 heteroatoms. The molecule has 0 amide bonds. The van der Waals surface area contributed by atoms with Crippen molar-refractivity contribution < 1.29 is 4.39 Å². The molecule has 3 N–H and O–H groups in total. The molecule has 0 unspecified atom stereocenters. The normalized spacial score (nSPS) is 11.1. The number of aromatic amines is 1. The molecular formula is C12H8FN3O. The van der Waals surface area contributed by atoms with E-state index in [1.165, 1.54) is 24.4 Å². The summed E-state index contributed by atoms with van der Waals surface area (Å²) in [5.74, 6) is -0.120. The van der Waals surface area contributed by atoms with Crippen LogP contribution in [0, 0.1) is 5.82 Å². The molecule has 0 spiro atoms. The average Bonchev–Trinajstić information content (AvgIpc) is 2.28. The largest absolute Gasteiger partial charge is 0.383 e. The van der Waals surface area contributed by atoms with Crippen molar-refractivity contribution in [2.24, 2.45) is 0 Å². The van der Waals surface area contributed by atoms with E-state index in [1.807, 2.05) is 0 Å². The third-order valence-corrected chi connectivity index (χ3v) is 2.71. The van der Waals surface area contributed by atoms with Crippen LogP contribution in [-0.2, 0) is 0 Å². The number of rotatable bonds is 0. The first kappa shape index (κ1) is 9.77. The van der Waals surface area contributed by atoms with Crippen molar-refractivity contribution in [1.29, 1.82) is 0 Å². The molecule has 0 aliphatic carbocycles. The third-order valence-electron chi connectivity index (χ3n) is 2.71. The molecule has 17 heavy (non-hydrogen) atoms. The molecule has 0 saturated heterocycles. The van der Waals surface area contributed by atoms with Gasteiger partial charge in [0.2, 0.25) is 0 Å². The van der Waals surface area contributed by atoms with Crippen LogP contribution in [0.25, 0.3) is 21.7 Å². The highest BCUT2D eigenvalue weighted by Crippen LogP contribution is 2.25. The number of fused-ring (bicyclic) bond motifs is 3. The summed E-state index contributed by atoms with van der Waals surface area (Å²) in [6.07, 6.45) is 1.49. The predicted molar refractivity (Wildman–Crippen MR) is 64.2 cm³/mol. The van der Waals surface area contributed by atoms with Gasteiger partial charge in [-0.3, -0.25) is 4.79 Å². The van der Waals surface area contributed by atoms with E-state index in [4.69, 9.17) is 5.73 Å². The van der Waals surface area contributed by atoms with Crippen LogP contribution in [0.3, 0.4) is 0 Å². The first-order valence-electron chi connectivity index (χ1n) is 5.03. The maximum absolute atomic E-state index is 13.3. The van der Waals surface area contributed by atoms with Crippen molar-refractivity contribution in [3.05, 3.63) is 46.6 Å². The molecule has 1 aromatic carbocycles. The minimum absolute atomic E-state index is 0.290. The van der Waals surface area contributed by atoms with E-state index in [2.05, 4.69) is 9.97 Å². The van der Waals surface area contributed by atoms with E-state index in [-0.39, 0.29) is 11.4 Å². The summed E-state index contributed by atoms with van der Waals surface area (Å²) in [6.45, 7) is 0. The van der Waals surface area contributed by atoms with E-state index >= 15 is 0 Å². The van der Waals surface area contributed by atoms with Gasteiger partial charge in [0, 0.05) is 17.0 Å². The molecule has 0 bridgehead atoms. The molecule has 84 valence electrons. The lowest BCUT2D eigenvalue weighted by atomic mass is 10.1. The zero-order valence-electron chi connectivity index (χ0n) is 8.70. The highest BCUT2D eigenvalue weighted by molar-refractivity contribution is 6.09. The lowest BCUT2D eigenvalue weighted by molar-refractivity contribution is 0.630. The first-order chi connectivity index (χ1) is 8.16. The summed E-state index contributed by atoms with van der Waals surface area (Å²) in [5, 5.41) is 1.42. The Bertz CT molecular complexity index is 795. The summed E-state index contributed by atoms with van der Waals surface area (Å²) in [4.78, 5) is 18.4. The monoisotopic (exact) mass is 229 g/mol. The van der Waals surface area contributed by atoms with E-state index in [0.717, 1.165) is 0 Å². The minimum atomic E-state index is -0.410. The van der Waals surface area contributed by atoms with Crippen molar-refractivity contribution in [2.75, 3.05) is 5.73 Å². The number of nitrogen functional groups attached to an aromatic ring is 1. The van der Waals surface area contributed by atoms with Gasteiger partial charge in [0.25, 0.3) is 5.56 Å². The number of pyridine rings is 2. The van der Waals surface area contributed by atoms with E-state index in [1.54, 1.807) is 6.07 Å². The smallest absolute Gasteiger partial charge is 0.258 e. The van der Waals surface area contributed by atoms with Crippen molar-refractivity contribution in [3.8, 4) is 0 Å². The van der Waals surface area contributed by atoms with Gasteiger partial charge in [0.15, 0.2) is 0 Å². The second-order valence-electron chi connectivity index (χ2n) is 3.75. The number of hydrogen-bond acceptors (Lipinski definition) is 3. The number of nitrogens with zero attached hydrogens (tertiary/aromatic N) is 1. The number of benzene rings is 1. The van der Waals surface area contributed by atoms with E-state index < -0.39 is 5.82 Å². The van der Waals surface area contributed by atoms with Crippen molar-refractivity contribution in [3.63, 3.8) is 0 Å². The third kappa shape index (κ3) is 1.36. The Balaban J connectivity index is 2.70. The molecule has 3 rings (SSSR count). The number of nitrogens with one attached hydrogen (secondary N) is 1. The highest BCUT2D eigenvalue weighted by Gasteiger charge is 2.09. The molecule has 0 radical (unpaired) electrons. The van der Waals surface area contributed by atoms with Crippen LogP contribution >= 0.6 is 0 Å². The molecule has 0 saturated carbocycles. The van der Waals surface area contributed by atoms with Gasteiger partial charge < -0.3 is 10.7 Å². The minimum Gasteiger partial charge on any atom is -0.383 e. The lowest BCUT2D eigenvalue weighted by Crippen LogP contribution is -2.07. The number of hydrogen-bond donors (Lipinski definition) is 2. The predicted octanol–water partition coefficient (Wildman–Crippen LogP) is 1.80. The van der Waals surface area contributed by atoms with Crippen LogP contribution in [0.4, 0.5) is 10.2 Å². The molecule has 0 atom stereocenters. The molecular weight excluding hydrogens is 221 g/mol. The fraction of sp³-hybridized carbons (Fsp3) is 0. The second-order valence-corrected chi connectivity index (χ2v) is 3.75. The molecule has 2 aromatic heterocycles. The molecule has 0 fully saturated rings. The summed E-state index contributed by atoms with van der Waals surface area (Å²) in [5.41, 5.74) is 5.94. The first-order valence-corrected chi connectivity index (χ1v) is 5.03. The zero-order chi connectivity index (χ0) is 12.0. The highest BCUT2D eigenvalue weighted by atomic mass is 19.1. The van der Waals surface area contributed by atoms with Crippen LogP contribution in [-0.4, -0.2) is 9.97 Å². The Kier molecular flexibility index (Phi) is 1.89. The Labute approximate surface area is 94.9 Å². The van der Waals surface area contributed by atoms with E-state index in [0.29, 0.717) is 21.7 Å². The fourth-order valence-electron chi connectivity index (χ4n) is 1.96. The Morgan fingerprint density at radius 2 is 2.06 bits per heavy atom. The Morgan fingerprint density at radius 3 is 2.88 bits per heavy atom. The SMILES string of the molecule is Nc1nc2cc[nH]c(=O)c2c2cc(F)ccc12. The molecule has 0 aliphatic rings. The Hall–Kier alpha value is -2.43. The lowest BCUT2D eigenvalue weighted by Gasteiger charge is -2.05. The fourth-order valence-corrected chi connectivity index (χ4v) is 1.96. The summed E-state index contributed by atoms with van der Waals surface area (Å²) >= 11 is 0. The summed E-state index contributed by atoms with van der Waals surface area (Å²) in [7, 11) is 0. The number of nitrogens with two attached hydrogens (primary N) is 1. The van der Waals surface area contributed by atoms with Crippen LogP contribution in [0.2, 0.25) is 0 Å². The molecule has 0 aliphatic heterocycles. The van der Waals surface area contributed by atoms with E-state index in [9.17, 15) is 9.18 Å². The quantitative estimate of drug-likeness (QED) is 0.577. The van der Waals surface area contributed by atoms with Gasteiger partial charge in [-0.15, -0.1) is 0 Å². The van der Waals surface area contributed by atoms with Gasteiger partial charge in [-0.05, 0) is 24.3 Å². The standard InChI is InChI=1S/C12H8FN3O/c13-6-1-2-7-8(5-6)10-9(16-11(7)14)3-4-15-12(10)17/h1-5H,(H2,14,16)(H,15,17). The maximum Gasteiger partial charge on any atom is 0.258 e. The number of halogens is 1. The molecule has 2 heterocycles. The topological polar surface area (TPSA) is 71.8 Å². The summed E-state index contributed by atoms with van der Waals surface area (Å²) in [6, 6.07) is 5.75. The molecule has 4 nitrogen and oxygen atoms in total. The van der Waals surface area contributed by atoms with Gasteiger partial charge in [-0.1, -0.05) is 0 Å². The van der Waals surface area contributed by atoms with Crippen molar-refractivity contribution in [1.82, 2.24) is 9.97 Å².